The quantitative estimate of drug-likeness (QED) is 0.509. The Morgan fingerprint density at radius 3 is 2.31 bits per heavy atom. The molecule has 0 aliphatic rings. The van der Waals surface area contributed by atoms with Crippen LogP contribution in [0.3, 0.4) is 0 Å². The first-order valence-electron chi connectivity index (χ1n) is 9.18. The summed E-state index contributed by atoms with van der Waals surface area (Å²) in [4.78, 5) is 11.0. The third-order valence-electron chi connectivity index (χ3n) is 4.69. The highest BCUT2D eigenvalue weighted by molar-refractivity contribution is 7.89. The van der Waals surface area contributed by atoms with E-state index >= 15 is 0 Å². The van der Waals surface area contributed by atoms with Gasteiger partial charge in [0.25, 0.3) is 0 Å². The fraction of sp³-hybridized carbons (Fsp3) is 0.200. The highest BCUT2D eigenvalue weighted by atomic mass is 32.2. The number of primary sulfonamides is 1. The van der Waals surface area contributed by atoms with E-state index in [1.165, 1.54) is 37.3 Å². The lowest BCUT2D eigenvalue weighted by Gasteiger charge is -2.15. The van der Waals surface area contributed by atoms with Gasteiger partial charge in [0, 0.05) is 11.3 Å². The number of halogens is 3. The summed E-state index contributed by atoms with van der Waals surface area (Å²) in [6, 6.07) is 9.60. The van der Waals surface area contributed by atoms with E-state index in [0.717, 1.165) is 10.7 Å². The first-order valence-corrected chi connectivity index (χ1v) is 10.7. The number of aliphatic carboxylic acids is 1. The Labute approximate surface area is 181 Å². The van der Waals surface area contributed by atoms with Gasteiger partial charge >= 0.3 is 12.1 Å². The molecular formula is C20H19F3N4O4S. The van der Waals surface area contributed by atoms with Gasteiger partial charge in [0.1, 0.15) is 6.04 Å². The molecule has 12 heteroatoms. The van der Waals surface area contributed by atoms with E-state index < -0.39 is 33.9 Å². The lowest BCUT2D eigenvalue weighted by molar-refractivity contribution is -0.141. The minimum atomic E-state index is -4.72. The van der Waals surface area contributed by atoms with Gasteiger partial charge in [-0.2, -0.15) is 18.3 Å². The average Bonchev–Trinajstić information content (AvgIpc) is 3.15. The molecule has 0 radical (unpaired) electrons. The zero-order valence-corrected chi connectivity index (χ0v) is 17.7. The molecule has 0 aliphatic carbocycles. The summed E-state index contributed by atoms with van der Waals surface area (Å²) in [5.74, 6) is -1.09. The van der Waals surface area contributed by atoms with Crippen LogP contribution in [0.2, 0.25) is 0 Å². The Morgan fingerprint density at radius 2 is 1.78 bits per heavy atom. The fourth-order valence-electron chi connectivity index (χ4n) is 2.93. The van der Waals surface area contributed by atoms with Gasteiger partial charge in [0.2, 0.25) is 10.0 Å². The number of hydrogen-bond acceptors (Lipinski definition) is 5. The number of sulfonamides is 1. The Kier molecular flexibility index (Phi) is 6.03. The third-order valence-corrected chi connectivity index (χ3v) is 5.61. The number of aryl methyl sites for hydroxylation is 1. The Hall–Kier alpha value is -3.38. The van der Waals surface area contributed by atoms with Crippen LogP contribution in [0.25, 0.3) is 16.9 Å². The zero-order chi connectivity index (χ0) is 23.8. The van der Waals surface area contributed by atoms with Gasteiger partial charge in [-0.05, 0) is 55.8 Å². The molecule has 3 aromatic rings. The predicted octanol–water partition coefficient (Wildman–Crippen LogP) is 3.40. The number of carboxylic acid groups (broad SMARTS) is 1. The SMILES string of the molecule is Cc1ccc(-c2cc(C(F)(F)F)nn2-c2ccc(S(N)(=O)=O)cc2)cc1NC(C)C(=O)O. The van der Waals surface area contributed by atoms with Crippen LogP contribution in [0.15, 0.2) is 53.4 Å². The van der Waals surface area contributed by atoms with Crippen LogP contribution in [0.4, 0.5) is 18.9 Å². The van der Waals surface area contributed by atoms with Crippen molar-refractivity contribution in [1.29, 1.82) is 0 Å². The van der Waals surface area contributed by atoms with Crippen molar-refractivity contribution in [2.45, 2.75) is 31.0 Å². The molecule has 0 amide bonds. The molecule has 170 valence electrons. The summed E-state index contributed by atoms with van der Waals surface area (Å²) in [5.41, 5.74) is 0.583. The van der Waals surface area contributed by atoms with Crippen LogP contribution in [-0.2, 0) is 21.0 Å². The van der Waals surface area contributed by atoms with Gasteiger partial charge in [0.05, 0.1) is 16.3 Å². The number of nitrogens with two attached hydrogens (primary N) is 1. The van der Waals surface area contributed by atoms with Crippen molar-refractivity contribution in [2.75, 3.05) is 5.32 Å². The summed E-state index contributed by atoms with van der Waals surface area (Å²) in [6.45, 7) is 3.17. The molecule has 0 fully saturated rings. The van der Waals surface area contributed by atoms with Gasteiger partial charge in [-0.25, -0.2) is 18.2 Å². The second kappa shape index (κ2) is 8.28. The van der Waals surface area contributed by atoms with Crippen LogP contribution in [0.1, 0.15) is 18.2 Å². The molecule has 0 saturated carbocycles. The molecule has 1 atom stereocenters. The maximum absolute atomic E-state index is 13.4. The fourth-order valence-corrected chi connectivity index (χ4v) is 3.45. The van der Waals surface area contributed by atoms with E-state index in [1.54, 1.807) is 19.1 Å². The van der Waals surface area contributed by atoms with Crippen LogP contribution in [0, 0.1) is 6.92 Å². The maximum atomic E-state index is 13.4. The third kappa shape index (κ3) is 4.92. The first-order chi connectivity index (χ1) is 14.8. The lowest BCUT2D eigenvalue weighted by Crippen LogP contribution is -2.25. The van der Waals surface area contributed by atoms with Crippen molar-refractivity contribution in [1.82, 2.24) is 9.78 Å². The molecule has 8 nitrogen and oxygen atoms in total. The maximum Gasteiger partial charge on any atom is 0.435 e. The van der Waals surface area contributed by atoms with E-state index in [0.29, 0.717) is 16.8 Å². The molecule has 2 aromatic carbocycles. The van der Waals surface area contributed by atoms with E-state index in [9.17, 15) is 26.4 Å². The lowest BCUT2D eigenvalue weighted by atomic mass is 10.1. The molecular weight excluding hydrogens is 449 g/mol. The van der Waals surface area contributed by atoms with Crippen LogP contribution in [-0.4, -0.2) is 35.3 Å². The average molecular weight is 468 g/mol. The highest BCUT2D eigenvalue weighted by Gasteiger charge is 2.35. The number of aromatic nitrogens is 2. The summed E-state index contributed by atoms with van der Waals surface area (Å²) >= 11 is 0. The number of carboxylic acids is 1. The van der Waals surface area contributed by atoms with Crippen molar-refractivity contribution in [3.05, 3.63) is 59.8 Å². The van der Waals surface area contributed by atoms with Gasteiger partial charge in [-0.3, -0.25) is 4.79 Å². The number of benzene rings is 2. The normalized spacial score (nSPS) is 13.1. The van der Waals surface area contributed by atoms with Gasteiger partial charge in [0.15, 0.2) is 5.69 Å². The standard InChI is InChI=1S/C20H19F3N4O4S/c1-11-3-4-13(9-16(11)25-12(2)19(28)29)17-10-18(20(21,22)23)26-27(17)14-5-7-15(8-6-14)32(24,30)31/h3-10,12,25H,1-2H3,(H,28,29)(H2,24,30,31). The molecule has 3 rings (SSSR count). The number of hydrogen-bond donors (Lipinski definition) is 3. The minimum absolute atomic E-state index is 0.0757. The first kappa shape index (κ1) is 23.3. The van der Waals surface area contributed by atoms with Crippen LogP contribution in [0.5, 0.6) is 0 Å². The number of rotatable bonds is 6. The number of anilines is 1. The smallest absolute Gasteiger partial charge is 0.435 e. The number of alkyl halides is 3. The van der Waals surface area contributed by atoms with Gasteiger partial charge < -0.3 is 10.4 Å². The van der Waals surface area contributed by atoms with Gasteiger partial charge in [-0.15, -0.1) is 0 Å². The number of carbonyl (C=O) groups is 1. The molecule has 0 spiro atoms. The molecule has 0 saturated heterocycles. The number of nitrogens with zero attached hydrogens (tertiary/aromatic N) is 2. The van der Waals surface area contributed by atoms with Crippen molar-refractivity contribution in [3.8, 4) is 16.9 Å². The molecule has 4 N–H and O–H groups in total. The van der Waals surface area contributed by atoms with Crippen LogP contribution >= 0.6 is 0 Å². The summed E-state index contributed by atoms with van der Waals surface area (Å²) < 4.78 is 64.1. The largest absolute Gasteiger partial charge is 0.480 e. The van der Waals surface area contributed by atoms with Gasteiger partial charge in [-0.1, -0.05) is 12.1 Å². The molecule has 0 aliphatic heterocycles. The van der Waals surface area contributed by atoms with Crippen LogP contribution < -0.4 is 10.5 Å². The monoisotopic (exact) mass is 468 g/mol. The second-order valence-corrected chi connectivity index (χ2v) is 8.66. The molecule has 1 aromatic heterocycles. The summed E-state index contributed by atoms with van der Waals surface area (Å²) in [5, 5.41) is 20.7. The number of nitrogens with one attached hydrogen (secondary N) is 1. The molecule has 1 unspecified atom stereocenters. The van der Waals surface area contributed by atoms with E-state index in [-0.39, 0.29) is 16.3 Å². The van der Waals surface area contributed by atoms with Crippen molar-refractivity contribution >= 4 is 21.7 Å². The van der Waals surface area contributed by atoms with Crippen molar-refractivity contribution < 1.29 is 31.5 Å². The molecule has 0 bridgehead atoms. The Bertz CT molecular complexity index is 1270. The Balaban J connectivity index is 2.14. The minimum Gasteiger partial charge on any atom is -0.480 e. The predicted molar refractivity (Wildman–Crippen MR) is 111 cm³/mol. The van der Waals surface area contributed by atoms with Crippen molar-refractivity contribution in [2.24, 2.45) is 5.14 Å². The molecule has 1 heterocycles. The highest BCUT2D eigenvalue weighted by Crippen LogP contribution is 2.34. The van der Waals surface area contributed by atoms with E-state index in [1.807, 2.05) is 0 Å². The van der Waals surface area contributed by atoms with Crippen molar-refractivity contribution in [3.63, 3.8) is 0 Å². The van der Waals surface area contributed by atoms with E-state index in [2.05, 4.69) is 10.4 Å². The zero-order valence-electron chi connectivity index (χ0n) is 16.9. The second-order valence-electron chi connectivity index (χ2n) is 7.10. The molecule has 32 heavy (non-hydrogen) atoms. The van der Waals surface area contributed by atoms with E-state index in [4.69, 9.17) is 10.2 Å². The Morgan fingerprint density at radius 1 is 1.16 bits per heavy atom. The topological polar surface area (TPSA) is 127 Å². The summed E-state index contributed by atoms with van der Waals surface area (Å²) in [7, 11) is -3.98. The summed E-state index contributed by atoms with van der Waals surface area (Å²) in [6.07, 6.45) is -4.72.